The van der Waals surface area contributed by atoms with E-state index >= 15 is 0 Å². The van der Waals surface area contributed by atoms with Crippen molar-refractivity contribution in [2.24, 2.45) is 0 Å². The summed E-state index contributed by atoms with van der Waals surface area (Å²) < 4.78 is 35.9. The number of rotatable bonds is 10. The molecule has 0 aliphatic heterocycles. The van der Waals surface area contributed by atoms with Crippen LogP contribution < -0.4 is 14.8 Å². The third kappa shape index (κ3) is 6.76. The van der Waals surface area contributed by atoms with E-state index in [0.29, 0.717) is 17.9 Å². The van der Waals surface area contributed by atoms with Crippen LogP contribution in [0.3, 0.4) is 0 Å². The van der Waals surface area contributed by atoms with E-state index in [0.717, 1.165) is 17.4 Å². The Kier molecular flexibility index (Phi) is 8.04. The second kappa shape index (κ2) is 10.3. The highest BCUT2D eigenvalue weighted by Crippen LogP contribution is 2.29. The molecule has 1 amide bonds. The van der Waals surface area contributed by atoms with Gasteiger partial charge in [-0.05, 0) is 36.6 Å². The average Bonchev–Trinajstić information content (AvgIpc) is 2.70. The Morgan fingerprint density at radius 1 is 1.07 bits per heavy atom. The number of nitrogens with zero attached hydrogens (tertiary/aromatic N) is 1. The molecule has 2 aromatic carbocycles. The van der Waals surface area contributed by atoms with E-state index in [1.807, 2.05) is 43.3 Å². The molecule has 0 saturated carbocycles. The number of nitrogens with one attached hydrogen (secondary N) is 1. The number of carbonyl (C=O) groups excluding carboxylic acids is 1. The summed E-state index contributed by atoms with van der Waals surface area (Å²) in [7, 11) is -0.417. The van der Waals surface area contributed by atoms with Crippen molar-refractivity contribution in [2.75, 3.05) is 33.6 Å². The van der Waals surface area contributed by atoms with Crippen molar-refractivity contribution < 1.29 is 22.7 Å². The minimum Gasteiger partial charge on any atom is -0.493 e. The molecule has 0 aliphatic rings. The molecule has 1 atom stereocenters. The molecule has 158 valence electrons. The molecule has 0 heterocycles. The molecule has 1 N–H and O–H groups in total. The number of amides is 1. The standard InChI is InChI=1S/C21H28N2O5S/c1-16(18-10-11-19(27-2)20(14-18)28-3)22-21(24)15-23(29(4,25)26)13-12-17-8-6-5-7-9-17/h5-11,14,16H,12-13,15H2,1-4H3,(H,22,24)/t16-/m0/s1. The Morgan fingerprint density at radius 2 is 1.72 bits per heavy atom. The maximum Gasteiger partial charge on any atom is 0.235 e. The van der Waals surface area contributed by atoms with Crippen LogP contribution in [-0.2, 0) is 21.2 Å². The molecular formula is C21H28N2O5S. The molecule has 2 rings (SSSR count). The summed E-state index contributed by atoms with van der Waals surface area (Å²) in [6, 6.07) is 14.6. The lowest BCUT2D eigenvalue weighted by atomic mass is 10.1. The first-order chi connectivity index (χ1) is 13.7. The van der Waals surface area contributed by atoms with Crippen LogP contribution in [0.4, 0.5) is 0 Å². The molecule has 0 aromatic heterocycles. The molecule has 0 saturated heterocycles. The minimum atomic E-state index is -3.51. The Hall–Kier alpha value is -2.58. The zero-order valence-corrected chi connectivity index (χ0v) is 18.0. The van der Waals surface area contributed by atoms with E-state index in [9.17, 15) is 13.2 Å². The monoisotopic (exact) mass is 420 g/mol. The maximum absolute atomic E-state index is 12.5. The van der Waals surface area contributed by atoms with Crippen LogP contribution in [0.1, 0.15) is 24.1 Å². The Balaban J connectivity index is 2.02. The molecule has 7 nitrogen and oxygen atoms in total. The first-order valence-corrected chi connectivity index (χ1v) is 11.1. The fraction of sp³-hybridized carbons (Fsp3) is 0.381. The third-order valence-corrected chi connectivity index (χ3v) is 5.82. The number of carbonyl (C=O) groups is 1. The van der Waals surface area contributed by atoms with Crippen LogP contribution in [0.5, 0.6) is 11.5 Å². The van der Waals surface area contributed by atoms with Crippen molar-refractivity contribution in [1.29, 1.82) is 0 Å². The maximum atomic E-state index is 12.5. The summed E-state index contributed by atoms with van der Waals surface area (Å²) in [6.45, 7) is 1.83. The van der Waals surface area contributed by atoms with E-state index in [1.54, 1.807) is 26.4 Å². The summed E-state index contributed by atoms with van der Waals surface area (Å²) in [5.74, 6) is 0.788. The summed E-state index contributed by atoms with van der Waals surface area (Å²) in [5.41, 5.74) is 1.84. The predicted molar refractivity (Wildman–Crippen MR) is 113 cm³/mol. The van der Waals surface area contributed by atoms with Crippen LogP contribution in [0.2, 0.25) is 0 Å². The minimum absolute atomic E-state index is 0.233. The van der Waals surface area contributed by atoms with Gasteiger partial charge in [-0.25, -0.2) is 8.42 Å². The second-order valence-electron chi connectivity index (χ2n) is 6.74. The summed E-state index contributed by atoms with van der Waals surface area (Å²) in [4.78, 5) is 12.5. The molecule has 0 aliphatic carbocycles. The van der Waals surface area contributed by atoms with Gasteiger partial charge in [0.25, 0.3) is 0 Å². The smallest absolute Gasteiger partial charge is 0.235 e. The third-order valence-electron chi connectivity index (χ3n) is 4.57. The Morgan fingerprint density at radius 3 is 2.31 bits per heavy atom. The van der Waals surface area contributed by atoms with Gasteiger partial charge in [0.05, 0.1) is 33.1 Å². The molecule has 0 fully saturated rings. The first-order valence-electron chi connectivity index (χ1n) is 9.25. The molecular weight excluding hydrogens is 392 g/mol. The normalized spacial score (nSPS) is 12.4. The predicted octanol–water partition coefficient (Wildman–Crippen LogP) is 2.39. The van der Waals surface area contributed by atoms with E-state index in [4.69, 9.17) is 9.47 Å². The van der Waals surface area contributed by atoms with Crippen LogP contribution >= 0.6 is 0 Å². The topological polar surface area (TPSA) is 84.9 Å². The fourth-order valence-corrected chi connectivity index (χ4v) is 3.69. The fourth-order valence-electron chi connectivity index (χ4n) is 2.91. The highest BCUT2D eigenvalue weighted by Gasteiger charge is 2.21. The number of benzene rings is 2. The van der Waals surface area contributed by atoms with Crippen LogP contribution in [-0.4, -0.2) is 52.2 Å². The van der Waals surface area contributed by atoms with Crippen molar-refractivity contribution >= 4 is 15.9 Å². The Labute approximate surface area is 172 Å². The highest BCUT2D eigenvalue weighted by molar-refractivity contribution is 7.88. The lowest BCUT2D eigenvalue weighted by Gasteiger charge is -2.22. The van der Waals surface area contributed by atoms with Gasteiger partial charge in [0.15, 0.2) is 11.5 Å². The van der Waals surface area contributed by atoms with Crippen LogP contribution in [0.25, 0.3) is 0 Å². The average molecular weight is 421 g/mol. The lowest BCUT2D eigenvalue weighted by Crippen LogP contribution is -2.41. The highest BCUT2D eigenvalue weighted by atomic mass is 32.2. The quantitative estimate of drug-likeness (QED) is 0.638. The lowest BCUT2D eigenvalue weighted by molar-refractivity contribution is -0.121. The van der Waals surface area contributed by atoms with Crippen molar-refractivity contribution in [3.05, 3.63) is 59.7 Å². The van der Waals surface area contributed by atoms with E-state index in [1.165, 1.54) is 4.31 Å². The molecule has 2 aromatic rings. The number of ether oxygens (including phenoxy) is 2. The summed E-state index contributed by atoms with van der Waals surface area (Å²) >= 11 is 0. The number of methoxy groups -OCH3 is 2. The van der Waals surface area contributed by atoms with Gasteiger partial charge in [-0.2, -0.15) is 4.31 Å². The molecule has 0 radical (unpaired) electrons. The second-order valence-corrected chi connectivity index (χ2v) is 8.72. The van der Waals surface area contributed by atoms with E-state index < -0.39 is 10.0 Å². The molecule has 8 heteroatoms. The van der Waals surface area contributed by atoms with Crippen LogP contribution in [0.15, 0.2) is 48.5 Å². The molecule has 0 spiro atoms. The van der Waals surface area contributed by atoms with Crippen molar-refractivity contribution in [1.82, 2.24) is 9.62 Å². The van der Waals surface area contributed by atoms with Gasteiger partial charge in [-0.3, -0.25) is 4.79 Å². The SMILES string of the molecule is COc1ccc([C@H](C)NC(=O)CN(CCc2ccccc2)S(C)(=O)=O)cc1OC. The van der Waals surface area contributed by atoms with Gasteiger partial charge >= 0.3 is 0 Å². The zero-order chi connectivity index (χ0) is 21.4. The van der Waals surface area contributed by atoms with Crippen LogP contribution in [0, 0.1) is 0 Å². The number of hydrogen-bond donors (Lipinski definition) is 1. The van der Waals surface area contributed by atoms with Crippen molar-refractivity contribution in [3.8, 4) is 11.5 Å². The van der Waals surface area contributed by atoms with Crippen molar-refractivity contribution in [2.45, 2.75) is 19.4 Å². The van der Waals surface area contributed by atoms with Gasteiger partial charge in [-0.1, -0.05) is 36.4 Å². The van der Waals surface area contributed by atoms with Gasteiger partial charge in [0.2, 0.25) is 15.9 Å². The number of sulfonamides is 1. The first kappa shape index (κ1) is 22.7. The van der Waals surface area contributed by atoms with Gasteiger partial charge in [-0.15, -0.1) is 0 Å². The largest absolute Gasteiger partial charge is 0.493 e. The van der Waals surface area contributed by atoms with E-state index in [2.05, 4.69) is 5.32 Å². The van der Waals surface area contributed by atoms with Gasteiger partial charge in [0.1, 0.15) is 0 Å². The zero-order valence-electron chi connectivity index (χ0n) is 17.2. The van der Waals surface area contributed by atoms with Crippen molar-refractivity contribution in [3.63, 3.8) is 0 Å². The van der Waals surface area contributed by atoms with Gasteiger partial charge in [0, 0.05) is 6.54 Å². The number of hydrogen-bond acceptors (Lipinski definition) is 5. The summed E-state index contributed by atoms with van der Waals surface area (Å²) in [6.07, 6.45) is 1.65. The van der Waals surface area contributed by atoms with Gasteiger partial charge < -0.3 is 14.8 Å². The molecule has 0 bridgehead atoms. The molecule has 29 heavy (non-hydrogen) atoms. The molecule has 0 unspecified atom stereocenters. The Bertz CT molecular complexity index is 916. The summed E-state index contributed by atoms with van der Waals surface area (Å²) in [5, 5.41) is 2.84. The van der Waals surface area contributed by atoms with E-state index in [-0.39, 0.29) is 25.0 Å².